The molecule has 2 aliphatic rings. The number of likely N-dealkylation sites (N-methyl/N-ethyl adjacent to an activating group) is 2. The van der Waals surface area contributed by atoms with Crippen LogP contribution in [0.15, 0.2) is 30.3 Å². The van der Waals surface area contributed by atoms with Crippen LogP contribution in [0.5, 0.6) is 0 Å². The second-order valence-electron chi connectivity index (χ2n) is 6.92. The molecule has 1 atom stereocenters. The first-order valence-electron chi connectivity index (χ1n) is 9.04. The Balaban J connectivity index is 1.58. The fourth-order valence-corrected chi connectivity index (χ4v) is 4.04. The molecule has 3 rings (SSSR count). The zero-order valence-corrected chi connectivity index (χ0v) is 14.8. The number of carbonyl (C=O) groups is 1. The summed E-state index contributed by atoms with van der Waals surface area (Å²) in [6.45, 7) is 6.40. The van der Waals surface area contributed by atoms with E-state index in [-0.39, 0.29) is 11.5 Å². The maximum atomic E-state index is 11.5. The van der Waals surface area contributed by atoms with Crippen LogP contribution < -0.4 is 10.2 Å². The van der Waals surface area contributed by atoms with Crippen LogP contribution in [0.3, 0.4) is 0 Å². The van der Waals surface area contributed by atoms with Crippen LogP contribution in [-0.2, 0) is 9.53 Å². The van der Waals surface area contributed by atoms with Crippen molar-refractivity contribution in [3.63, 3.8) is 0 Å². The molecule has 1 aromatic carbocycles. The molecule has 0 radical (unpaired) electrons. The van der Waals surface area contributed by atoms with Crippen molar-refractivity contribution in [3.05, 3.63) is 30.3 Å². The third-order valence-corrected chi connectivity index (χ3v) is 5.47. The highest BCUT2D eigenvalue weighted by Crippen LogP contribution is 2.38. The average molecular weight is 331 g/mol. The van der Waals surface area contributed by atoms with Gasteiger partial charge in [-0.2, -0.15) is 0 Å². The van der Waals surface area contributed by atoms with Crippen LogP contribution in [0.25, 0.3) is 0 Å². The molecular weight excluding hydrogens is 302 g/mol. The van der Waals surface area contributed by atoms with Gasteiger partial charge >= 0.3 is 0 Å². The first kappa shape index (κ1) is 17.2. The second kappa shape index (κ2) is 7.53. The molecule has 0 unspecified atom stereocenters. The van der Waals surface area contributed by atoms with Crippen LogP contribution in [-0.4, -0.2) is 62.3 Å². The third-order valence-electron chi connectivity index (χ3n) is 5.47. The molecule has 0 aromatic heterocycles. The average Bonchev–Trinajstić information content (AvgIpc) is 3.02. The van der Waals surface area contributed by atoms with Crippen LogP contribution in [0.1, 0.15) is 26.2 Å². The fraction of sp³-hybridized carbons (Fsp3) is 0.632. The zero-order valence-electron chi connectivity index (χ0n) is 14.8. The van der Waals surface area contributed by atoms with Gasteiger partial charge < -0.3 is 15.0 Å². The van der Waals surface area contributed by atoms with Crippen molar-refractivity contribution >= 4 is 11.6 Å². The topological polar surface area (TPSA) is 44.8 Å². The van der Waals surface area contributed by atoms with Gasteiger partial charge in [0.05, 0.1) is 24.8 Å². The monoisotopic (exact) mass is 331 g/mol. The van der Waals surface area contributed by atoms with Gasteiger partial charge in [-0.1, -0.05) is 18.2 Å². The van der Waals surface area contributed by atoms with Gasteiger partial charge in [-0.25, -0.2) is 0 Å². The zero-order chi connectivity index (χ0) is 17.0. The van der Waals surface area contributed by atoms with Gasteiger partial charge in [-0.05, 0) is 38.3 Å². The first-order chi connectivity index (χ1) is 11.7. The normalized spacial score (nSPS) is 23.3. The van der Waals surface area contributed by atoms with Crippen molar-refractivity contribution in [1.82, 2.24) is 10.2 Å². The highest BCUT2D eigenvalue weighted by Gasteiger charge is 2.44. The molecule has 0 bridgehead atoms. The number of ether oxygens (including phenoxy) is 1. The van der Waals surface area contributed by atoms with Gasteiger partial charge in [0, 0.05) is 32.4 Å². The molecule has 1 aromatic rings. The Morgan fingerprint density at radius 2 is 2.04 bits per heavy atom. The summed E-state index contributed by atoms with van der Waals surface area (Å²) in [6.07, 6.45) is 3.13. The number of nitrogens with one attached hydrogen (secondary N) is 1. The van der Waals surface area contributed by atoms with Gasteiger partial charge in [-0.15, -0.1) is 0 Å². The standard InChI is InChI=1S/C19H29N3O2/c1-3-22(16-7-5-4-6-8-16)17-13-19(24-15-17)9-11-21(12-10-19)14-18(23)20-2/h4-8,17H,3,9-15H2,1-2H3,(H,20,23)/t17-/m0/s1. The summed E-state index contributed by atoms with van der Waals surface area (Å²) in [6, 6.07) is 11.1. The van der Waals surface area contributed by atoms with E-state index in [1.807, 2.05) is 0 Å². The predicted octanol–water partition coefficient (Wildman–Crippen LogP) is 1.88. The Hall–Kier alpha value is -1.59. The lowest BCUT2D eigenvalue weighted by Gasteiger charge is -2.39. The number of anilines is 1. The molecule has 2 aliphatic heterocycles. The lowest BCUT2D eigenvalue weighted by atomic mass is 9.87. The van der Waals surface area contributed by atoms with Gasteiger partial charge in [0.25, 0.3) is 0 Å². The lowest BCUT2D eigenvalue weighted by molar-refractivity contribution is -0.123. The molecule has 2 fully saturated rings. The summed E-state index contributed by atoms with van der Waals surface area (Å²) < 4.78 is 6.31. The Morgan fingerprint density at radius 3 is 2.67 bits per heavy atom. The molecule has 24 heavy (non-hydrogen) atoms. The summed E-state index contributed by atoms with van der Waals surface area (Å²) in [5.74, 6) is 0.0948. The van der Waals surface area contributed by atoms with Crippen molar-refractivity contribution in [1.29, 1.82) is 0 Å². The molecule has 132 valence electrons. The van der Waals surface area contributed by atoms with Crippen LogP contribution >= 0.6 is 0 Å². The van der Waals surface area contributed by atoms with Crippen LogP contribution in [0.2, 0.25) is 0 Å². The van der Waals surface area contributed by atoms with Crippen LogP contribution in [0, 0.1) is 0 Å². The second-order valence-corrected chi connectivity index (χ2v) is 6.92. The van der Waals surface area contributed by atoms with E-state index in [1.54, 1.807) is 7.05 Å². The molecule has 0 saturated carbocycles. The minimum absolute atomic E-state index is 0.00601. The van der Waals surface area contributed by atoms with Gasteiger partial charge in [0.15, 0.2) is 0 Å². The molecule has 2 saturated heterocycles. The molecular formula is C19H29N3O2. The van der Waals surface area contributed by atoms with Crippen LogP contribution in [0.4, 0.5) is 5.69 Å². The van der Waals surface area contributed by atoms with E-state index in [9.17, 15) is 4.79 Å². The highest BCUT2D eigenvalue weighted by atomic mass is 16.5. The largest absolute Gasteiger partial charge is 0.373 e. The maximum Gasteiger partial charge on any atom is 0.233 e. The SMILES string of the molecule is CCN(c1ccccc1)[C@@H]1COC2(CCN(CC(=O)NC)CC2)C1. The minimum Gasteiger partial charge on any atom is -0.373 e. The van der Waals surface area contributed by atoms with E-state index < -0.39 is 0 Å². The van der Waals surface area contributed by atoms with E-state index in [0.717, 1.165) is 45.5 Å². The number of hydrogen-bond donors (Lipinski definition) is 1. The summed E-state index contributed by atoms with van der Waals surface area (Å²) in [7, 11) is 1.70. The quantitative estimate of drug-likeness (QED) is 0.895. The number of nitrogens with zero attached hydrogens (tertiary/aromatic N) is 2. The van der Waals surface area contributed by atoms with Gasteiger partial charge in [-0.3, -0.25) is 9.69 Å². The summed E-state index contributed by atoms with van der Waals surface area (Å²) >= 11 is 0. The van der Waals surface area contributed by atoms with E-state index >= 15 is 0 Å². The maximum absolute atomic E-state index is 11.5. The Labute approximate surface area is 145 Å². The Morgan fingerprint density at radius 1 is 1.33 bits per heavy atom. The minimum atomic E-state index is 0.00601. The van der Waals surface area contributed by atoms with E-state index in [1.165, 1.54) is 5.69 Å². The lowest BCUT2D eigenvalue weighted by Crippen LogP contribution is -2.47. The van der Waals surface area contributed by atoms with Crippen molar-refractivity contribution < 1.29 is 9.53 Å². The van der Waals surface area contributed by atoms with E-state index in [4.69, 9.17) is 4.74 Å². The number of carbonyl (C=O) groups excluding carboxylic acids is 1. The number of amides is 1. The number of piperidine rings is 1. The molecule has 5 heteroatoms. The molecule has 1 spiro atoms. The van der Waals surface area contributed by atoms with E-state index in [2.05, 4.69) is 52.4 Å². The summed E-state index contributed by atoms with van der Waals surface area (Å²) in [5, 5.41) is 2.70. The number of likely N-dealkylation sites (tertiary alicyclic amines) is 1. The molecule has 0 aliphatic carbocycles. The van der Waals surface area contributed by atoms with Crippen molar-refractivity contribution in [2.45, 2.75) is 37.8 Å². The number of para-hydroxylation sites is 1. The first-order valence-corrected chi connectivity index (χ1v) is 9.04. The van der Waals surface area contributed by atoms with Gasteiger partial charge in [0.1, 0.15) is 0 Å². The number of benzene rings is 1. The van der Waals surface area contributed by atoms with Gasteiger partial charge in [0.2, 0.25) is 5.91 Å². The van der Waals surface area contributed by atoms with Crippen molar-refractivity contribution in [2.75, 3.05) is 44.7 Å². The number of hydrogen-bond acceptors (Lipinski definition) is 4. The third kappa shape index (κ3) is 3.73. The smallest absolute Gasteiger partial charge is 0.233 e. The predicted molar refractivity (Wildman–Crippen MR) is 96.3 cm³/mol. The Bertz CT molecular complexity index is 541. The summed E-state index contributed by atoms with van der Waals surface area (Å²) in [4.78, 5) is 16.2. The number of rotatable bonds is 5. The molecule has 1 N–H and O–H groups in total. The van der Waals surface area contributed by atoms with Crippen molar-refractivity contribution in [2.24, 2.45) is 0 Å². The summed E-state index contributed by atoms with van der Waals surface area (Å²) in [5.41, 5.74) is 1.29. The fourth-order valence-electron chi connectivity index (χ4n) is 4.04. The molecule has 2 heterocycles. The van der Waals surface area contributed by atoms with Crippen molar-refractivity contribution in [3.8, 4) is 0 Å². The Kier molecular flexibility index (Phi) is 5.41. The molecule has 1 amide bonds. The van der Waals surface area contributed by atoms with E-state index in [0.29, 0.717) is 12.6 Å². The molecule has 5 nitrogen and oxygen atoms in total. The highest BCUT2D eigenvalue weighted by molar-refractivity contribution is 5.77.